The first-order chi connectivity index (χ1) is 13.6. The van der Waals surface area contributed by atoms with Crippen molar-refractivity contribution in [1.82, 2.24) is 14.3 Å². The van der Waals surface area contributed by atoms with Crippen LogP contribution in [0.5, 0.6) is 0 Å². The lowest BCUT2D eigenvalue weighted by Gasteiger charge is -2.09. The Balaban J connectivity index is 1.78. The molecule has 0 bridgehead atoms. The van der Waals surface area contributed by atoms with Crippen LogP contribution in [-0.2, 0) is 17.5 Å². The fraction of sp³-hybridized carbons (Fsp3) is 0.100. The van der Waals surface area contributed by atoms with Gasteiger partial charge in [-0.2, -0.15) is 0 Å². The minimum atomic E-state index is -1.53. The summed E-state index contributed by atoms with van der Waals surface area (Å²) >= 11 is 0. The van der Waals surface area contributed by atoms with Gasteiger partial charge in [-0.05, 0) is 54.6 Å². The van der Waals surface area contributed by atoms with Gasteiger partial charge in [0.1, 0.15) is 0 Å². The molecule has 28 heavy (non-hydrogen) atoms. The lowest BCUT2D eigenvalue weighted by Crippen LogP contribution is -2.06. The van der Waals surface area contributed by atoms with Crippen LogP contribution >= 0.6 is 0 Å². The topological polar surface area (TPSA) is 93.0 Å². The van der Waals surface area contributed by atoms with Crippen molar-refractivity contribution >= 4 is 27.6 Å². The molecule has 0 aliphatic rings. The zero-order valence-electron chi connectivity index (χ0n) is 15.1. The molecular weight excluding hydrogens is 376 g/mol. The SMILES string of the molecule is CNCc1cc(-c2ccc3[nH]ccc3c2)n(S(=O)c2ccc([N+](=O)[O-])cc2)c1. The Labute approximate surface area is 163 Å². The Morgan fingerprint density at radius 1 is 1.14 bits per heavy atom. The van der Waals surface area contributed by atoms with Crippen molar-refractivity contribution < 1.29 is 9.13 Å². The first-order valence-electron chi connectivity index (χ1n) is 8.67. The number of nitro benzene ring substituents is 1. The summed E-state index contributed by atoms with van der Waals surface area (Å²) in [5.41, 5.74) is 3.78. The van der Waals surface area contributed by atoms with Gasteiger partial charge in [0.05, 0.1) is 15.5 Å². The quantitative estimate of drug-likeness (QED) is 0.384. The zero-order chi connectivity index (χ0) is 19.7. The van der Waals surface area contributed by atoms with E-state index in [1.165, 1.54) is 24.3 Å². The Morgan fingerprint density at radius 2 is 1.93 bits per heavy atom. The molecule has 2 aromatic carbocycles. The van der Waals surface area contributed by atoms with Crippen LogP contribution in [0.15, 0.2) is 71.9 Å². The minimum absolute atomic E-state index is 0.0257. The van der Waals surface area contributed by atoms with Gasteiger partial charge in [0.25, 0.3) is 5.69 Å². The summed E-state index contributed by atoms with van der Waals surface area (Å²) in [7, 11) is 0.329. The van der Waals surface area contributed by atoms with Gasteiger partial charge >= 0.3 is 0 Å². The van der Waals surface area contributed by atoms with E-state index in [1.807, 2.05) is 49.8 Å². The molecule has 0 aliphatic carbocycles. The Bertz CT molecular complexity index is 1180. The number of H-pyrrole nitrogens is 1. The summed E-state index contributed by atoms with van der Waals surface area (Å²) in [6.07, 6.45) is 3.74. The molecule has 4 aromatic rings. The molecule has 7 nitrogen and oxygen atoms in total. The second kappa shape index (κ2) is 7.41. The van der Waals surface area contributed by atoms with Crippen LogP contribution in [0, 0.1) is 10.1 Å². The molecule has 4 rings (SSSR count). The van der Waals surface area contributed by atoms with Crippen LogP contribution in [0.1, 0.15) is 5.56 Å². The molecule has 8 heteroatoms. The first kappa shape index (κ1) is 18.1. The van der Waals surface area contributed by atoms with E-state index in [1.54, 1.807) is 3.97 Å². The molecular formula is C20H18N4O3S. The number of rotatable bonds is 6. The number of fused-ring (bicyclic) bond motifs is 1. The number of non-ortho nitro benzene ring substituents is 1. The maximum Gasteiger partial charge on any atom is 0.269 e. The van der Waals surface area contributed by atoms with Crippen molar-refractivity contribution in [3.63, 3.8) is 0 Å². The summed E-state index contributed by atoms with van der Waals surface area (Å²) in [4.78, 5) is 14.1. The van der Waals surface area contributed by atoms with Crippen LogP contribution in [0.4, 0.5) is 5.69 Å². The van der Waals surface area contributed by atoms with Crippen molar-refractivity contribution in [2.75, 3.05) is 7.05 Å². The fourth-order valence-electron chi connectivity index (χ4n) is 3.16. The predicted octanol–water partition coefficient (Wildman–Crippen LogP) is 3.83. The van der Waals surface area contributed by atoms with Gasteiger partial charge in [-0.1, -0.05) is 6.07 Å². The number of hydrogen-bond donors (Lipinski definition) is 2. The highest BCUT2D eigenvalue weighted by Crippen LogP contribution is 2.28. The predicted molar refractivity (Wildman–Crippen MR) is 109 cm³/mol. The number of nitrogens with zero attached hydrogens (tertiary/aromatic N) is 2. The molecule has 2 N–H and O–H groups in total. The molecule has 0 spiro atoms. The van der Waals surface area contributed by atoms with Gasteiger partial charge in [0.2, 0.25) is 0 Å². The van der Waals surface area contributed by atoms with Crippen molar-refractivity contribution in [3.8, 4) is 11.3 Å². The third-order valence-electron chi connectivity index (χ3n) is 4.50. The molecule has 1 atom stereocenters. The van der Waals surface area contributed by atoms with E-state index in [0.717, 1.165) is 27.7 Å². The van der Waals surface area contributed by atoms with Crippen molar-refractivity contribution in [3.05, 3.63) is 82.7 Å². The number of benzene rings is 2. The van der Waals surface area contributed by atoms with Gasteiger partial charge in [-0.15, -0.1) is 0 Å². The van der Waals surface area contributed by atoms with Crippen molar-refractivity contribution in [1.29, 1.82) is 0 Å². The fourth-order valence-corrected chi connectivity index (χ4v) is 4.32. The monoisotopic (exact) mass is 394 g/mol. The summed E-state index contributed by atoms with van der Waals surface area (Å²) in [6, 6.07) is 15.8. The Morgan fingerprint density at radius 3 is 2.64 bits per heavy atom. The lowest BCUT2D eigenvalue weighted by molar-refractivity contribution is -0.384. The van der Waals surface area contributed by atoms with Crippen LogP contribution in [-0.4, -0.2) is 25.1 Å². The summed E-state index contributed by atoms with van der Waals surface area (Å²) in [5.74, 6) is 0. The molecule has 142 valence electrons. The summed E-state index contributed by atoms with van der Waals surface area (Å²) in [6.45, 7) is 0.643. The van der Waals surface area contributed by atoms with Gasteiger partial charge in [-0.3, -0.25) is 14.1 Å². The van der Waals surface area contributed by atoms with Gasteiger partial charge < -0.3 is 10.3 Å². The van der Waals surface area contributed by atoms with Crippen LogP contribution < -0.4 is 5.32 Å². The van der Waals surface area contributed by atoms with Crippen molar-refractivity contribution in [2.45, 2.75) is 11.4 Å². The van der Waals surface area contributed by atoms with E-state index in [4.69, 9.17) is 0 Å². The summed E-state index contributed by atoms with van der Waals surface area (Å²) < 4.78 is 14.9. The Kier molecular flexibility index (Phi) is 4.81. The third kappa shape index (κ3) is 3.35. The molecule has 0 radical (unpaired) electrons. The third-order valence-corrected chi connectivity index (χ3v) is 5.84. The average Bonchev–Trinajstić information content (AvgIpc) is 3.34. The molecule has 0 aliphatic heterocycles. The minimum Gasteiger partial charge on any atom is -0.361 e. The molecule has 2 heterocycles. The number of aromatic amines is 1. The molecule has 0 amide bonds. The summed E-state index contributed by atoms with van der Waals surface area (Å²) in [5, 5.41) is 15.0. The van der Waals surface area contributed by atoms with E-state index in [-0.39, 0.29) is 5.69 Å². The maximum absolute atomic E-state index is 13.2. The van der Waals surface area contributed by atoms with E-state index < -0.39 is 15.9 Å². The lowest BCUT2D eigenvalue weighted by atomic mass is 10.1. The highest BCUT2D eigenvalue weighted by Gasteiger charge is 2.16. The highest BCUT2D eigenvalue weighted by atomic mass is 32.2. The van der Waals surface area contributed by atoms with E-state index >= 15 is 0 Å². The molecule has 0 saturated heterocycles. The number of nitrogens with one attached hydrogen (secondary N) is 2. The zero-order valence-corrected chi connectivity index (χ0v) is 15.9. The Hall–Kier alpha value is -3.23. The largest absolute Gasteiger partial charge is 0.361 e. The van der Waals surface area contributed by atoms with Crippen LogP contribution in [0.3, 0.4) is 0 Å². The molecule has 1 unspecified atom stereocenters. The standard InChI is InChI=1S/C20H18N4O3S/c1-21-12-14-10-20(16-2-7-19-15(11-16)8-9-22-19)23(13-14)28(27)18-5-3-17(4-6-18)24(25)26/h2-11,13,21-22H,12H2,1H3. The first-order valence-corrected chi connectivity index (χ1v) is 9.77. The van der Waals surface area contributed by atoms with Gasteiger partial charge in [-0.25, -0.2) is 4.21 Å². The second-order valence-corrected chi connectivity index (χ2v) is 7.73. The van der Waals surface area contributed by atoms with E-state index in [2.05, 4.69) is 10.3 Å². The smallest absolute Gasteiger partial charge is 0.269 e. The molecule has 0 fully saturated rings. The van der Waals surface area contributed by atoms with E-state index in [9.17, 15) is 14.3 Å². The number of hydrogen-bond acceptors (Lipinski definition) is 4. The normalized spacial score (nSPS) is 12.3. The van der Waals surface area contributed by atoms with Crippen LogP contribution in [0.25, 0.3) is 22.2 Å². The van der Waals surface area contributed by atoms with Crippen LogP contribution in [0.2, 0.25) is 0 Å². The number of aromatic nitrogens is 2. The maximum atomic E-state index is 13.2. The van der Waals surface area contributed by atoms with Crippen molar-refractivity contribution in [2.24, 2.45) is 0 Å². The molecule has 0 saturated carbocycles. The average molecular weight is 394 g/mol. The highest BCUT2D eigenvalue weighted by molar-refractivity contribution is 7.83. The van der Waals surface area contributed by atoms with Gasteiger partial charge in [0, 0.05) is 42.0 Å². The van der Waals surface area contributed by atoms with Gasteiger partial charge in [0.15, 0.2) is 11.0 Å². The number of nitro groups is 1. The molecule has 2 aromatic heterocycles. The van der Waals surface area contributed by atoms with E-state index in [0.29, 0.717) is 11.4 Å². The second-order valence-electron chi connectivity index (χ2n) is 6.37.